The zero-order valence-electron chi connectivity index (χ0n) is 13.7. The highest BCUT2D eigenvalue weighted by Gasteiger charge is 2.26. The molecular weight excluding hydrogens is 334 g/mol. The van der Waals surface area contributed by atoms with Crippen molar-refractivity contribution in [2.45, 2.75) is 35.5 Å². The fraction of sp³-hybridized carbons (Fsp3) is 0.211. The molecule has 1 aromatic carbocycles. The molecule has 0 spiro atoms. The van der Waals surface area contributed by atoms with Gasteiger partial charge in [-0.2, -0.15) is 0 Å². The van der Waals surface area contributed by atoms with E-state index in [-0.39, 0.29) is 15.6 Å². The number of nitrogens with zero attached hydrogens (tertiary/aromatic N) is 1. The first-order valence-corrected chi connectivity index (χ1v) is 9.82. The van der Waals surface area contributed by atoms with E-state index in [1.807, 2.05) is 0 Å². The Morgan fingerprint density at radius 3 is 2.60 bits per heavy atom. The van der Waals surface area contributed by atoms with E-state index in [9.17, 15) is 8.42 Å². The highest BCUT2D eigenvalue weighted by atomic mass is 32.2. The van der Waals surface area contributed by atoms with Gasteiger partial charge in [-0.05, 0) is 43.4 Å². The van der Waals surface area contributed by atoms with Crippen LogP contribution in [0.5, 0.6) is 0 Å². The Hall–Kier alpha value is -2.60. The number of fused-ring (bicyclic) bond motifs is 1. The normalized spacial score (nSPS) is 15.3. The maximum absolute atomic E-state index is 13.1. The first-order valence-electron chi connectivity index (χ1n) is 8.34. The van der Waals surface area contributed by atoms with Gasteiger partial charge >= 0.3 is 0 Å². The zero-order valence-corrected chi connectivity index (χ0v) is 14.5. The number of hydrogen-bond donors (Lipinski definition) is 2. The van der Waals surface area contributed by atoms with Gasteiger partial charge in [0, 0.05) is 23.3 Å². The Morgan fingerprint density at radius 1 is 1.08 bits per heavy atom. The lowest BCUT2D eigenvalue weighted by molar-refractivity contribution is 0.597. The predicted octanol–water partition coefficient (Wildman–Crippen LogP) is 3.94. The number of nitrogens with two attached hydrogens (primary N) is 1. The number of anilines is 1. The third-order valence-corrected chi connectivity index (χ3v) is 6.52. The number of hydrogen-bond acceptors (Lipinski definition) is 4. The second kappa shape index (κ2) is 6.04. The summed E-state index contributed by atoms with van der Waals surface area (Å²) in [5.74, 6) is 0.157. The number of aromatic amines is 1. The minimum absolute atomic E-state index is 0.111. The molecule has 3 N–H and O–H groups in total. The van der Waals surface area contributed by atoms with E-state index in [1.165, 1.54) is 12.0 Å². The summed E-state index contributed by atoms with van der Waals surface area (Å²) in [5, 5.41) is 0.547. The van der Waals surface area contributed by atoms with Crippen LogP contribution >= 0.6 is 0 Å². The summed E-state index contributed by atoms with van der Waals surface area (Å²) in [6.07, 6.45) is 9.90. The van der Waals surface area contributed by atoms with Crippen LogP contribution in [0.4, 0.5) is 5.82 Å². The van der Waals surface area contributed by atoms with Gasteiger partial charge in [-0.1, -0.05) is 24.3 Å². The molecule has 25 heavy (non-hydrogen) atoms. The molecule has 0 saturated heterocycles. The molecule has 0 fully saturated rings. The molecule has 2 aromatic heterocycles. The van der Waals surface area contributed by atoms with Crippen LogP contribution in [0.3, 0.4) is 0 Å². The van der Waals surface area contributed by atoms with E-state index in [0.717, 1.165) is 30.3 Å². The number of pyridine rings is 1. The topological polar surface area (TPSA) is 88.8 Å². The number of allylic oxidation sites excluding steroid dienone is 2. The third kappa shape index (κ3) is 2.62. The van der Waals surface area contributed by atoms with Crippen molar-refractivity contribution in [3.8, 4) is 0 Å². The summed E-state index contributed by atoms with van der Waals surface area (Å²) in [7, 11) is -3.72. The van der Waals surface area contributed by atoms with E-state index in [4.69, 9.17) is 5.73 Å². The van der Waals surface area contributed by atoms with Gasteiger partial charge in [0.2, 0.25) is 9.84 Å². The number of nitrogens with one attached hydrogen (secondary N) is 1. The standard InChI is InChI=1S/C19H19N3O2S/c20-19-18(25(23,24)14-9-5-2-6-10-14)16-12-21-11-15(17(16)22-19)13-7-3-1-4-8-13/h2,5-7,9-12,22H,1,3-4,8,20H2. The first-order chi connectivity index (χ1) is 12.1. The smallest absolute Gasteiger partial charge is 0.210 e. The molecule has 0 radical (unpaired) electrons. The molecule has 128 valence electrons. The minimum Gasteiger partial charge on any atom is -0.384 e. The van der Waals surface area contributed by atoms with Crippen LogP contribution in [0.15, 0.2) is 58.6 Å². The summed E-state index contributed by atoms with van der Waals surface area (Å²) >= 11 is 0. The molecule has 4 rings (SSSR count). The Labute approximate surface area is 146 Å². The van der Waals surface area contributed by atoms with Gasteiger partial charge in [-0.25, -0.2) is 8.42 Å². The lowest BCUT2D eigenvalue weighted by Crippen LogP contribution is -2.04. The molecule has 0 amide bonds. The van der Waals surface area contributed by atoms with E-state index in [0.29, 0.717) is 5.39 Å². The fourth-order valence-electron chi connectivity index (χ4n) is 3.44. The van der Waals surface area contributed by atoms with Gasteiger partial charge in [0.1, 0.15) is 10.7 Å². The molecule has 1 aliphatic carbocycles. The molecule has 1 aliphatic rings. The summed E-state index contributed by atoms with van der Waals surface area (Å²) in [6, 6.07) is 8.35. The summed E-state index contributed by atoms with van der Waals surface area (Å²) < 4.78 is 26.1. The molecule has 0 saturated carbocycles. The van der Waals surface area contributed by atoms with Gasteiger partial charge in [0.15, 0.2) is 0 Å². The SMILES string of the molecule is Nc1[nH]c2c(C3=CCCCC3)cncc2c1S(=O)(=O)c1ccccc1. The first kappa shape index (κ1) is 15.9. The van der Waals surface area contributed by atoms with Gasteiger partial charge in [0.05, 0.1) is 10.4 Å². The van der Waals surface area contributed by atoms with E-state index < -0.39 is 9.84 Å². The molecule has 3 aromatic rings. The number of rotatable bonds is 3. The van der Waals surface area contributed by atoms with Crippen molar-refractivity contribution in [1.29, 1.82) is 0 Å². The molecule has 0 atom stereocenters. The van der Waals surface area contributed by atoms with Crippen molar-refractivity contribution >= 4 is 32.1 Å². The maximum atomic E-state index is 13.1. The molecule has 2 heterocycles. The number of sulfone groups is 1. The van der Waals surface area contributed by atoms with Crippen molar-refractivity contribution in [3.05, 3.63) is 54.4 Å². The second-order valence-corrected chi connectivity index (χ2v) is 8.16. The van der Waals surface area contributed by atoms with Gasteiger partial charge in [0.25, 0.3) is 0 Å². The zero-order chi connectivity index (χ0) is 17.4. The lowest BCUT2D eigenvalue weighted by atomic mass is 9.94. The molecule has 0 unspecified atom stereocenters. The van der Waals surface area contributed by atoms with Crippen LogP contribution in [0.1, 0.15) is 31.2 Å². The Balaban J connectivity index is 1.95. The summed E-state index contributed by atoms with van der Waals surface area (Å²) in [6.45, 7) is 0. The van der Waals surface area contributed by atoms with Crippen LogP contribution in [0.25, 0.3) is 16.5 Å². The monoisotopic (exact) mass is 353 g/mol. The van der Waals surface area contributed by atoms with Crippen molar-refractivity contribution in [2.24, 2.45) is 0 Å². The average molecular weight is 353 g/mol. The van der Waals surface area contributed by atoms with Crippen LogP contribution in [-0.2, 0) is 9.84 Å². The maximum Gasteiger partial charge on any atom is 0.210 e. The van der Waals surface area contributed by atoms with Crippen molar-refractivity contribution in [3.63, 3.8) is 0 Å². The van der Waals surface area contributed by atoms with Gasteiger partial charge < -0.3 is 10.7 Å². The van der Waals surface area contributed by atoms with Crippen LogP contribution in [-0.4, -0.2) is 18.4 Å². The van der Waals surface area contributed by atoms with Crippen LogP contribution < -0.4 is 5.73 Å². The second-order valence-electron chi connectivity index (χ2n) is 6.27. The Bertz CT molecular complexity index is 1070. The molecule has 0 bridgehead atoms. The quantitative estimate of drug-likeness (QED) is 0.746. The lowest BCUT2D eigenvalue weighted by Gasteiger charge is -2.13. The number of benzene rings is 1. The molecular formula is C19H19N3O2S. The fourth-order valence-corrected chi connectivity index (χ4v) is 4.97. The number of H-pyrrole nitrogens is 1. The highest BCUT2D eigenvalue weighted by molar-refractivity contribution is 7.92. The van der Waals surface area contributed by atoms with Crippen LogP contribution in [0.2, 0.25) is 0 Å². The Morgan fingerprint density at radius 2 is 1.88 bits per heavy atom. The Kier molecular flexibility index (Phi) is 3.84. The van der Waals surface area contributed by atoms with E-state index in [1.54, 1.807) is 42.7 Å². The highest BCUT2D eigenvalue weighted by Crippen LogP contribution is 2.37. The van der Waals surface area contributed by atoms with Gasteiger partial charge in [-0.3, -0.25) is 4.98 Å². The predicted molar refractivity (Wildman–Crippen MR) is 98.8 cm³/mol. The number of nitrogen functional groups attached to an aromatic ring is 1. The average Bonchev–Trinajstić information content (AvgIpc) is 2.99. The van der Waals surface area contributed by atoms with Gasteiger partial charge in [-0.15, -0.1) is 0 Å². The largest absolute Gasteiger partial charge is 0.384 e. The third-order valence-electron chi connectivity index (χ3n) is 4.65. The minimum atomic E-state index is -3.72. The van der Waals surface area contributed by atoms with Crippen molar-refractivity contribution in [2.75, 3.05) is 5.73 Å². The number of aromatic nitrogens is 2. The summed E-state index contributed by atoms with van der Waals surface area (Å²) in [4.78, 5) is 7.71. The van der Waals surface area contributed by atoms with E-state index in [2.05, 4.69) is 16.0 Å². The van der Waals surface area contributed by atoms with E-state index >= 15 is 0 Å². The van der Waals surface area contributed by atoms with Crippen molar-refractivity contribution in [1.82, 2.24) is 9.97 Å². The molecule has 6 heteroatoms. The summed E-state index contributed by atoms with van der Waals surface area (Å²) in [5.41, 5.74) is 8.98. The van der Waals surface area contributed by atoms with Crippen LogP contribution in [0, 0.1) is 0 Å². The van der Waals surface area contributed by atoms with Crippen molar-refractivity contribution < 1.29 is 8.42 Å². The molecule has 5 nitrogen and oxygen atoms in total. The molecule has 0 aliphatic heterocycles.